The number of ether oxygens (including phenoxy) is 1. The van der Waals surface area contributed by atoms with Gasteiger partial charge < -0.3 is 15.4 Å². The van der Waals surface area contributed by atoms with Crippen LogP contribution in [0.15, 0.2) is 30.3 Å². The molecular weight excluding hydrogens is 232 g/mol. The minimum Gasteiger partial charge on any atom is -0.453 e. The van der Waals surface area contributed by atoms with Gasteiger partial charge in [-0.1, -0.05) is 30.3 Å². The predicted molar refractivity (Wildman–Crippen MR) is 68.0 cm³/mol. The molecule has 0 saturated carbocycles. The van der Waals surface area contributed by atoms with Crippen LogP contribution in [0.25, 0.3) is 0 Å². The first-order valence-corrected chi connectivity index (χ1v) is 5.74. The number of amides is 2. The molecule has 5 heteroatoms. The molecule has 1 rings (SSSR count). The molecule has 0 unspecified atom stereocenters. The second kappa shape index (κ2) is 6.64. The second-order valence-electron chi connectivity index (χ2n) is 4.14. The van der Waals surface area contributed by atoms with E-state index in [0.29, 0.717) is 5.56 Å². The van der Waals surface area contributed by atoms with Gasteiger partial charge >= 0.3 is 6.09 Å². The first-order chi connectivity index (χ1) is 8.54. The number of hydrogen-bond donors (Lipinski definition) is 2. The normalized spacial score (nSPS) is 11.8. The van der Waals surface area contributed by atoms with Crippen molar-refractivity contribution in [3.8, 4) is 0 Å². The van der Waals surface area contributed by atoms with E-state index in [-0.39, 0.29) is 11.9 Å². The van der Waals surface area contributed by atoms with Crippen molar-refractivity contribution in [1.82, 2.24) is 10.6 Å². The third-order valence-corrected chi connectivity index (χ3v) is 2.27. The molecule has 98 valence electrons. The highest BCUT2D eigenvalue weighted by Gasteiger charge is 2.23. The molecule has 2 N–H and O–H groups in total. The topological polar surface area (TPSA) is 67.4 Å². The molecule has 0 saturated heterocycles. The Labute approximate surface area is 107 Å². The van der Waals surface area contributed by atoms with Gasteiger partial charge in [0, 0.05) is 6.04 Å². The van der Waals surface area contributed by atoms with Gasteiger partial charge in [-0.2, -0.15) is 0 Å². The number of benzene rings is 1. The fourth-order valence-electron chi connectivity index (χ4n) is 1.49. The SMILES string of the molecule is COC(=O)N[C@H](C(=O)NC(C)C)c1ccccc1. The van der Waals surface area contributed by atoms with Crippen LogP contribution in [0.1, 0.15) is 25.5 Å². The summed E-state index contributed by atoms with van der Waals surface area (Å²) in [5.74, 6) is -0.262. The Morgan fingerprint density at radius 3 is 2.22 bits per heavy atom. The van der Waals surface area contributed by atoms with Crippen molar-refractivity contribution < 1.29 is 14.3 Å². The van der Waals surface area contributed by atoms with Crippen molar-refractivity contribution in [2.24, 2.45) is 0 Å². The fraction of sp³-hybridized carbons (Fsp3) is 0.385. The number of rotatable bonds is 4. The lowest BCUT2D eigenvalue weighted by Crippen LogP contribution is -2.42. The maximum atomic E-state index is 12.0. The largest absolute Gasteiger partial charge is 0.453 e. The van der Waals surface area contributed by atoms with Crippen molar-refractivity contribution in [2.75, 3.05) is 7.11 Å². The lowest BCUT2D eigenvalue weighted by Gasteiger charge is -2.19. The van der Waals surface area contributed by atoms with Gasteiger partial charge in [0.2, 0.25) is 5.91 Å². The molecule has 0 aliphatic heterocycles. The predicted octanol–water partition coefficient (Wildman–Crippen LogP) is 1.61. The maximum absolute atomic E-state index is 12.0. The molecule has 1 aromatic carbocycles. The van der Waals surface area contributed by atoms with E-state index in [0.717, 1.165) is 0 Å². The Morgan fingerprint density at radius 2 is 1.72 bits per heavy atom. The number of carbonyl (C=O) groups is 2. The number of hydrogen-bond acceptors (Lipinski definition) is 3. The smallest absolute Gasteiger partial charge is 0.407 e. The monoisotopic (exact) mass is 250 g/mol. The molecule has 5 nitrogen and oxygen atoms in total. The summed E-state index contributed by atoms with van der Waals surface area (Å²) in [6.45, 7) is 3.72. The van der Waals surface area contributed by atoms with Gasteiger partial charge in [0.1, 0.15) is 6.04 Å². The van der Waals surface area contributed by atoms with E-state index in [4.69, 9.17) is 0 Å². The van der Waals surface area contributed by atoms with Crippen LogP contribution in [0.3, 0.4) is 0 Å². The minimum absolute atomic E-state index is 0.00293. The number of nitrogens with one attached hydrogen (secondary N) is 2. The Morgan fingerprint density at radius 1 is 1.11 bits per heavy atom. The Balaban J connectivity index is 2.88. The zero-order valence-corrected chi connectivity index (χ0v) is 10.8. The molecule has 1 aromatic rings. The molecular formula is C13H18N2O3. The van der Waals surface area contributed by atoms with Crippen LogP contribution >= 0.6 is 0 Å². The quantitative estimate of drug-likeness (QED) is 0.853. The van der Waals surface area contributed by atoms with Gasteiger partial charge in [-0.25, -0.2) is 4.79 Å². The van der Waals surface area contributed by atoms with Gasteiger partial charge in [-0.05, 0) is 19.4 Å². The average molecular weight is 250 g/mol. The first kappa shape index (κ1) is 14.0. The van der Waals surface area contributed by atoms with Gasteiger partial charge in [-0.3, -0.25) is 4.79 Å². The third-order valence-electron chi connectivity index (χ3n) is 2.27. The molecule has 0 fully saturated rings. The van der Waals surface area contributed by atoms with Crippen LogP contribution in [0.5, 0.6) is 0 Å². The highest BCUT2D eigenvalue weighted by Crippen LogP contribution is 2.13. The maximum Gasteiger partial charge on any atom is 0.407 e. The van der Waals surface area contributed by atoms with Gasteiger partial charge in [0.15, 0.2) is 0 Å². The van der Waals surface area contributed by atoms with Crippen molar-refractivity contribution >= 4 is 12.0 Å². The standard InChI is InChI=1S/C13H18N2O3/c1-9(2)14-12(16)11(15-13(17)18-3)10-7-5-4-6-8-10/h4-9,11H,1-3H3,(H,14,16)(H,15,17)/t11-/m0/s1. The zero-order valence-electron chi connectivity index (χ0n) is 10.8. The van der Waals surface area contributed by atoms with E-state index >= 15 is 0 Å². The van der Waals surface area contributed by atoms with Gasteiger partial charge in [0.05, 0.1) is 7.11 Å². The van der Waals surface area contributed by atoms with Crippen LogP contribution in [0.4, 0.5) is 4.79 Å². The summed E-state index contributed by atoms with van der Waals surface area (Å²) >= 11 is 0. The summed E-state index contributed by atoms with van der Waals surface area (Å²) in [6, 6.07) is 8.28. The Hall–Kier alpha value is -2.04. The van der Waals surface area contributed by atoms with E-state index < -0.39 is 12.1 Å². The van der Waals surface area contributed by atoms with E-state index in [2.05, 4.69) is 15.4 Å². The number of methoxy groups -OCH3 is 1. The highest BCUT2D eigenvalue weighted by molar-refractivity contribution is 5.86. The van der Waals surface area contributed by atoms with Crippen molar-refractivity contribution in [3.05, 3.63) is 35.9 Å². The van der Waals surface area contributed by atoms with Crippen LogP contribution in [-0.2, 0) is 9.53 Å². The number of carbonyl (C=O) groups excluding carboxylic acids is 2. The molecule has 0 spiro atoms. The van der Waals surface area contributed by atoms with Crippen LogP contribution < -0.4 is 10.6 Å². The second-order valence-corrected chi connectivity index (χ2v) is 4.14. The van der Waals surface area contributed by atoms with Gasteiger partial charge in [-0.15, -0.1) is 0 Å². The van der Waals surface area contributed by atoms with Gasteiger partial charge in [0.25, 0.3) is 0 Å². The fourth-order valence-corrected chi connectivity index (χ4v) is 1.49. The summed E-state index contributed by atoms with van der Waals surface area (Å²) < 4.78 is 4.53. The average Bonchev–Trinajstić information content (AvgIpc) is 2.35. The van der Waals surface area contributed by atoms with Crippen molar-refractivity contribution in [1.29, 1.82) is 0 Å². The highest BCUT2D eigenvalue weighted by atomic mass is 16.5. The summed E-state index contributed by atoms with van der Waals surface area (Å²) in [5.41, 5.74) is 0.709. The zero-order chi connectivity index (χ0) is 13.5. The van der Waals surface area contributed by atoms with Crippen LogP contribution in [-0.4, -0.2) is 25.2 Å². The summed E-state index contributed by atoms with van der Waals surface area (Å²) in [4.78, 5) is 23.3. The lowest BCUT2D eigenvalue weighted by molar-refractivity contribution is -0.123. The molecule has 0 aliphatic rings. The molecule has 1 atom stereocenters. The first-order valence-electron chi connectivity index (χ1n) is 5.74. The van der Waals surface area contributed by atoms with E-state index in [1.807, 2.05) is 32.0 Å². The number of alkyl carbamates (subject to hydrolysis) is 1. The summed E-state index contributed by atoms with van der Waals surface area (Å²) in [7, 11) is 1.26. The lowest BCUT2D eigenvalue weighted by atomic mass is 10.1. The summed E-state index contributed by atoms with van der Waals surface area (Å²) in [6.07, 6.45) is -0.636. The Bertz CT molecular complexity index is 404. The Kier molecular flexibility index (Phi) is 5.17. The molecule has 0 bridgehead atoms. The van der Waals surface area contributed by atoms with E-state index in [1.165, 1.54) is 7.11 Å². The third kappa shape index (κ3) is 4.08. The molecule has 0 aliphatic carbocycles. The molecule has 0 aromatic heterocycles. The molecule has 0 radical (unpaired) electrons. The van der Waals surface area contributed by atoms with Crippen LogP contribution in [0, 0.1) is 0 Å². The van der Waals surface area contributed by atoms with E-state index in [1.54, 1.807) is 12.1 Å². The molecule has 0 heterocycles. The molecule has 2 amide bonds. The minimum atomic E-state index is -0.749. The van der Waals surface area contributed by atoms with E-state index in [9.17, 15) is 9.59 Å². The van der Waals surface area contributed by atoms with Crippen LogP contribution in [0.2, 0.25) is 0 Å². The van der Waals surface area contributed by atoms with Crippen molar-refractivity contribution in [3.63, 3.8) is 0 Å². The summed E-state index contributed by atoms with van der Waals surface area (Å²) in [5, 5.41) is 5.28. The molecule has 18 heavy (non-hydrogen) atoms. The van der Waals surface area contributed by atoms with Crippen molar-refractivity contribution in [2.45, 2.75) is 25.9 Å².